The molecule has 0 spiro atoms. The molecular weight excluding hydrogens is 285 g/mol. The first-order chi connectivity index (χ1) is 10.7. The lowest BCUT2D eigenvalue weighted by Gasteiger charge is -2.17. The molecule has 0 bridgehead atoms. The van der Waals surface area contributed by atoms with Crippen molar-refractivity contribution in [3.63, 3.8) is 0 Å². The lowest BCUT2D eigenvalue weighted by atomic mass is 9.97. The van der Waals surface area contributed by atoms with E-state index in [-0.39, 0.29) is 30.2 Å². The Morgan fingerprint density at radius 3 is 3.09 bits per heavy atom. The van der Waals surface area contributed by atoms with Crippen molar-refractivity contribution in [2.45, 2.75) is 18.9 Å². The summed E-state index contributed by atoms with van der Waals surface area (Å²) in [5.74, 6) is -0.316. The van der Waals surface area contributed by atoms with E-state index >= 15 is 0 Å². The van der Waals surface area contributed by atoms with Crippen molar-refractivity contribution in [2.24, 2.45) is 5.92 Å². The van der Waals surface area contributed by atoms with Gasteiger partial charge in [-0.2, -0.15) is 5.10 Å². The van der Waals surface area contributed by atoms with Gasteiger partial charge in [-0.1, -0.05) is 18.2 Å². The van der Waals surface area contributed by atoms with Crippen LogP contribution in [0.15, 0.2) is 36.7 Å². The molecule has 1 aromatic carbocycles. The molecule has 1 saturated heterocycles. The number of H-pyrrole nitrogens is 1. The fraction of sp³-hybridized carbons (Fsp3) is 0.375. The predicted octanol–water partition coefficient (Wildman–Crippen LogP) is 1.99. The Bertz CT molecular complexity index is 630. The van der Waals surface area contributed by atoms with Crippen molar-refractivity contribution >= 4 is 5.91 Å². The van der Waals surface area contributed by atoms with Gasteiger partial charge in [0.05, 0.1) is 18.7 Å². The maximum atomic E-state index is 13.5. The Morgan fingerprint density at radius 2 is 2.32 bits per heavy atom. The number of aromatic amines is 1. The summed E-state index contributed by atoms with van der Waals surface area (Å²) >= 11 is 0. The van der Waals surface area contributed by atoms with Gasteiger partial charge in [-0.3, -0.25) is 9.89 Å². The Kier molecular flexibility index (Phi) is 4.48. The summed E-state index contributed by atoms with van der Waals surface area (Å²) in [6, 6.07) is 6.33. The zero-order chi connectivity index (χ0) is 15.4. The number of nitrogens with zero attached hydrogens (tertiary/aromatic N) is 1. The highest BCUT2D eigenvalue weighted by molar-refractivity contribution is 5.78. The van der Waals surface area contributed by atoms with E-state index in [9.17, 15) is 9.18 Å². The molecule has 6 heteroatoms. The molecule has 1 amide bonds. The molecule has 116 valence electrons. The number of ether oxygens (including phenoxy) is 1. The van der Waals surface area contributed by atoms with E-state index in [2.05, 4.69) is 15.5 Å². The number of benzene rings is 1. The van der Waals surface area contributed by atoms with Crippen LogP contribution in [-0.2, 0) is 16.0 Å². The molecule has 0 aliphatic carbocycles. The number of hydrogen-bond acceptors (Lipinski definition) is 3. The zero-order valence-corrected chi connectivity index (χ0v) is 12.1. The first-order valence-electron chi connectivity index (χ1n) is 7.34. The van der Waals surface area contributed by atoms with Crippen LogP contribution in [0.4, 0.5) is 4.39 Å². The monoisotopic (exact) mass is 303 g/mol. The minimum absolute atomic E-state index is 0.0486. The molecule has 3 rings (SSSR count). The maximum Gasteiger partial charge on any atom is 0.224 e. The van der Waals surface area contributed by atoms with E-state index in [4.69, 9.17) is 4.74 Å². The minimum atomic E-state index is -0.349. The van der Waals surface area contributed by atoms with Crippen LogP contribution in [0.5, 0.6) is 0 Å². The zero-order valence-electron chi connectivity index (χ0n) is 12.1. The largest absolute Gasteiger partial charge is 0.373 e. The van der Waals surface area contributed by atoms with Crippen LogP contribution in [0.25, 0.3) is 0 Å². The third-order valence-corrected chi connectivity index (χ3v) is 3.93. The summed E-state index contributed by atoms with van der Waals surface area (Å²) < 4.78 is 19.2. The smallest absolute Gasteiger partial charge is 0.224 e. The SMILES string of the molecule is O=C(Cc1ccccc1F)NC[C@H]1CCO[C@@H]1c1cn[nH]c1. The summed E-state index contributed by atoms with van der Waals surface area (Å²) in [5.41, 5.74) is 1.40. The van der Waals surface area contributed by atoms with Crippen LogP contribution in [0.2, 0.25) is 0 Å². The van der Waals surface area contributed by atoms with Crippen molar-refractivity contribution < 1.29 is 13.9 Å². The fourth-order valence-corrected chi connectivity index (χ4v) is 2.75. The molecule has 5 nitrogen and oxygen atoms in total. The number of nitrogens with one attached hydrogen (secondary N) is 2. The van der Waals surface area contributed by atoms with Gasteiger partial charge >= 0.3 is 0 Å². The molecular formula is C16H18FN3O2. The number of amides is 1. The van der Waals surface area contributed by atoms with Gasteiger partial charge in [0.15, 0.2) is 0 Å². The standard InChI is InChI=1S/C16H18FN3O2/c17-14-4-2-1-3-11(14)7-15(21)18-8-12-5-6-22-16(12)13-9-19-20-10-13/h1-4,9-10,12,16H,5-8H2,(H,18,21)(H,19,20)/t12-,16+/m1/s1. The first kappa shape index (κ1) is 14.7. The second-order valence-electron chi connectivity index (χ2n) is 5.44. The topological polar surface area (TPSA) is 67.0 Å². The molecule has 1 aliphatic heterocycles. The van der Waals surface area contributed by atoms with E-state index in [0.29, 0.717) is 18.7 Å². The fourth-order valence-electron chi connectivity index (χ4n) is 2.75. The number of rotatable bonds is 5. The molecule has 2 heterocycles. The number of aromatic nitrogens is 2. The van der Waals surface area contributed by atoms with E-state index in [0.717, 1.165) is 12.0 Å². The van der Waals surface area contributed by atoms with Crippen LogP contribution in [0.1, 0.15) is 23.7 Å². The van der Waals surface area contributed by atoms with Gasteiger partial charge in [-0.25, -0.2) is 4.39 Å². The third-order valence-electron chi connectivity index (χ3n) is 3.93. The van der Waals surface area contributed by atoms with Crippen molar-refractivity contribution in [3.8, 4) is 0 Å². The normalized spacial score (nSPS) is 21.0. The molecule has 0 radical (unpaired) electrons. The van der Waals surface area contributed by atoms with Crippen molar-refractivity contribution in [1.29, 1.82) is 0 Å². The van der Waals surface area contributed by atoms with E-state index in [1.54, 1.807) is 24.4 Å². The van der Waals surface area contributed by atoms with Gasteiger partial charge < -0.3 is 10.1 Å². The highest BCUT2D eigenvalue weighted by Crippen LogP contribution is 2.33. The lowest BCUT2D eigenvalue weighted by Crippen LogP contribution is -2.31. The van der Waals surface area contributed by atoms with Crippen molar-refractivity contribution in [2.75, 3.05) is 13.2 Å². The van der Waals surface area contributed by atoms with Gasteiger partial charge in [0, 0.05) is 30.8 Å². The van der Waals surface area contributed by atoms with Gasteiger partial charge in [0.2, 0.25) is 5.91 Å². The number of carbonyl (C=O) groups is 1. The summed E-state index contributed by atoms with van der Waals surface area (Å²) in [7, 11) is 0. The second-order valence-corrected chi connectivity index (χ2v) is 5.44. The number of halogens is 1. The van der Waals surface area contributed by atoms with Gasteiger partial charge in [-0.05, 0) is 18.1 Å². The molecule has 2 atom stereocenters. The Balaban J connectivity index is 1.54. The molecule has 0 unspecified atom stereocenters. The molecule has 1 aliphatic rings. The second kappa shape index (κ2) is 6.70. The molecule has 1 aromatic heterocycles. The average molecular weight is 303 g/mol. The van der Waals surface area contributed by atoms with Crippen molar-refractivity contribution in [1.82, 2.24) is 15.5 Å². The van der Waals surface area contributed by atoms with Gasteiger partial charge in [0.25, 0.3) is 0 Å². The first-order valence-corrected chi connectivity index (χ1v) is 7.34. The van der Waals surface area contributed by atoms with Crippen molar-refractivity contribution in [3.05, 3.63) is 53.6 Å². The number of carbonyl (C=O) groups excluding carboxylic acids is 1. The predicted molar refractivity (Wildman–Crippen MR) is 78.5 cm³/mol. The summed E-state index contributed by atoms with van der Waals surface area (Å²) in [5, 5.41) is 9.58. The van der Waals surface area contributed by atoms with E-state index in [1.807, 2.05) is 6.20 Å². The minimum Gasteiger partial charge on any atom is -0.373 e. The van der Waals surface area contributed by atoms with Gasteiger partial charge in [-0.15, -0.1) is 0 Å². The van der Waals surface area contributed by atoms with Crippen LogP contribution in [0.3, 0.4) is 0 Å². The third kappa shape index (κ3) is 3.33. The van der Waals surface area contributed by atoms with Crippen LogP contribution in [0, 0.1) is 11.7 Å². The molecule has 1 fully saturated rings. The molecule has 22 heavy (non-hydrogen) atoms. The van der Waals surface area contributed by atoms with E-state index in [1.165, 1.54) is 6.07 Å². The van der Waals surface area contributed by atoms with Crippen LogP contribution in [-0.4, -0.2) is 29.3 Å². The summed E-state index contributed by atoms with van der Waals surface area (Å²) in [6.45, 7) is 1.19. The highest BCUT2D eigenvalue weighted by atomic mass is 19.1. The highest BCUT2D eigenvalue weighted by Gasteiger charge is 2.30. The summed E-state index contributed by atoms with van der Waals surface area (Å²) in [4.78, 5) is 12.0. The molecule has 2 N–H and O–H groups in total. The van der Waals surface area contributed by atoms with E-state index < -0.39 is 0 Å². The maximum absolute atomic E-state index is 13.5. The number of hydrogen-bond donors (Lipinski definition) is 2. The van der Waals surface area contributed by atoms with Crippen LogP contribution < -0.4 is 5.32 Å². The Labute approximate surface area is 127 Å². The van der Waals surface area contributed by atoms with Gasteiger partial charge in [0.1, 0.15) is 5.82 Å². The average Bonchev–Trinajstić information content (AvgIpc) is 3.18. The Morgan fingerprint density at radius 1 is 1.45 bits per heavy atom. The van der Waals surface area contributed by atoms with Crippen LogP contribution >= 0.6 is 0 Å². The lowest BCUT2D eigenvalue weighted by molar-refractivity contribution is -0.120. The Hall–Kier alpha value is -2.21. The summed E-state index contributed by atoms with van der Waals surface area (Å²) in [6.07, 6.45) is 4.44. The molecule has 0 saturated carbocycles. The molecule has 2 aromatic rings. The quantitative estimate of drug-likeness (QED) is 0.887.